The normalized spacial score (nSPS) is 17.7. The average molecular weight is 382 g/mol. The molecule has 1 amide bonds. The number of aromatic nitrogens is 2. The number of carbonyl (C=O) groups excluding carboxylic acids is 1. The van der Waals surface area contributed by atoms with E-state index in [1.807, 2.05) is 36.4 Å². The van der Waals surface area contributed by atoms with Gasteiger partial charge in [-0.15, -0.1) is 10.2 Å². The van der Waals surface area contributed by atoms with Crippen molar-refractivity contribution in [1.29, 1.82) is 0 Å². The summed E-state index contributed by atoms with van der Waals surface area (Å²) in [6.07, 6.45) is 3.58. The number of amides is 1. The van der Waals surface area contributed by atoms with Gasteiger partial charge >= 0.3 is 0 Å². The van der Waals surface area contributed by atoms with E-state index < -0.39 is 0 Å². The smallest absolute Gasteiger partial charge is 0.230 e. The quantitative estimate of drug-likeness (QED) is 0.723. The third-order valence-corrected chi connectivity index (χ3v) is 5.68. The number of rotatable bonds is 5. The molecule has 0 radical (unpaired) electrons. The van der Waals surface area contributed by atoms with Crippen molar-refractivity contribution in [3.63, 3.8) is 0 Å². The van der Waals surface area contributed by atoms with Gasteiger partial charge in [0.1, 0.15) is 10.8 Å². The maximum absolute atomic E-state index is 12.7. The molecule has 3 heterocycles. The van der Waals surface area contributed by atoms with Crippen molar-refractivity contribution in [2.75, 3.05) is 18.4 Å². The van der Waals surface area contributed by atoms with Gasteiger partial charge in [0.05, 0.1) is 18.7 Å². The van der Waals surface area contributed by atoms with Crippen molar-refractivity contribution >= 4 is 22.4 Å². The zero-order valence-corrected chi connectivity index (χ0v) is 16.0. The lowest BCUT2D eigenvalue weighted by Gasteiger charge is -2.31. The van der Waals surface area contributed by atoms with Gasteiger partial charge in [-0.2, -0.15) is 0 Å². The van der Waals surface area contributed by atoms with Crippen LogP contribution < -0.4 is 5.32 Å². The molecule has 140 valence electrons. The first-order chi connectivity index (χ1) is 13.2. The summed E-state index contributed by atoms with van der Waals surface area (Å²) in [6.45, 7) is 4.51. The van der Waals surface area contributed by atoms with Gasteiger partial charge in [0.2, 0.25) is 11.0 Å². The van der Waals surface area contributed by atoms with Crippen molar-refractivity contribution in [3.05, 3.63) is 54.0 Å². The molecule has 1 unspecified atom stereocenters. The van der Waals surface area contributed by atoms with E-state index >= 15 is 0 Å². The van der Waals surface area contributed by atoms with Crippen LogP contribution in [0.1, 0.15) is 24.2 Å². The van der Waals surface area contributed by atoms with Gasteiger partial charge in [-0.05, 0) is 38.4 Å². The molecule has 0 aliphatic carbocycles. The molecule has 1 aliphatic rings. The summed E-state index contributed by atoms with van der Waals surface area (Å²) >= 11 is 1.41. The summed E-state index contributed by atoms with van der Waals surface area (Å²) < 4.78 is 5.42. The summed E-state index contributed by atoms with van der Waals surface area (Å²) in [7, 11) is 0. The fourth-order valence-electron chi connectivity index (χ4n) is 3.33. The molecular weight excluding hydrogens is 360 g/mol. The Morgan fingerprint density at radius 1 is 1.30 bits per heavy atom. The van der Waals surface area contributed by atoms with Crippen LogP contribution in [0, 0.1) is 12.8 Å². The first kappa shape index (κ1) is 17.9. The molecule has 1 aliphatic heterocycles. The fourth-order valence-corrected chi connectivity index (χ4v) is 4.08. The minimum atomic E-state index is -0.0413. The van der Waals surface area contributed by atoms with Crippen LogP contribution in [0.3, 0.4) is 0 Å². The number of benzene rings is 1. The number of aryl methyl sites for hydroxylation is 1. The molecule has 4 rings (SSSR count). The summed E-state index contributed by atoms with van der Waals surface area (Å²) in [4.78, 5) is 15.0. The number of nitrogens with zero attached hydrogens (tertiary/aromatic N) is 3. The van der Waals surface area contributed by atoms with Crippen LogP contribution >= 0.6 is 11.3 Å². The van der Waals surface area contributed by atoms with Gasteiger partial charge in [-0.3, -0.25) is 9.69 Å². The second-order valence-electron chi connectivity index (χ2n) is 6.92. The number of furan rings is 1. The molecule has 0 spiro atoms. The van der Waals surface area contributed by atoms with E-state index in [1.165, 1.54) is 16.9 Å². The summed E-state index contributed by atoms with van der Waals surface area (Å²) in [6, 6.07) is 12.0. The summed E-state index contributed by atoms with van der Waals surface area (Å²) in [5, 5.41) is 12.7. The highest BCUT2D eigenvalue weighted by Crippen LogP contribution is 2.27. The van der Waals surface area contributed by atoms with E-state index in [0.29, 0.717) is 5.13 Å². The van der Waals surface area contributed by atoms with Crippen molar-refractivity contribution in [3.8, 4) is 10.6 Å². The van der Waals surface area contributed by atoms with Crippen LogP contribution in [0.4, 0.5) is 5.13 Å². The van der Waals surface area contributed by atoms with Crippen molar-refractivity contribution < 1.29 is 9.21 Å². The predicted molar refractivity (Wildman–Crippen MR) is 105 cm³/mol. The van der Waals surface area contributed by atoms with Crippen LogP contribution in [-0.2, 0) is 11.3 Å². The minimum Gasteiger partial charge on any atom is -0.468 e. The minimum absolute atomic E-state index is 0.0192. The first-order valence-corrected chi connectivity index (χ1v) is 9.95. The van der Waals surface area contributed by atoms with E-state index in [9.17, 15) is 4.79 Å². The third kappa shape index (κ3) is 4.43. The second kappa shape index (κ2) is 8.02. The number of carbonyl (C=O) groups is 1. The molecule has 2 aromatic heterocycles. The number of hydrogen-bond acceptors (Lipinski definition) is 6. The molecule has 7 heteroatoms. The topological polar surface area (TPSA) is 71.3 Å². The van der Waals surface area contributed by atoms with Gasteiger partial charge in [0.25, 0.3) is 0 Å². The molecule has 1 atom stereocenters. The lowest BCUT2D eigenvalue weighted by Crippen LogP contribution is -2.40. The van der Waals surface area contributed by atoms with E-state index in [1.54, 1.807) is 6.26 Å². The number of anilines is 1. The Morgan fingerprint density at radius 3 is 2.93 bits per heavy atom. The average Bonchev–Trinajstić information content (AvgIpc) is 3.35. The number of piperidine rings is 1. The second-order valence-corrected chi connectivity index (χ2v) is 7.90. The van der Waals surface area contributed by atoms with E-state index in [-0.39, 0.29) is 11.8 Å². The molecule has 3 aromatic rings. The number of hydrogen-bond donors (Lipinski definition) is 1. The van der Waals surface area contributed by atoms with Crippen LogP contribution in [0.25, 0.3) is 10.6 Å². The molecule has 1 saturated heterocycles. The highest BCUT2D eigenvalue weighted by atomic mass is 32.1. The Hall–Kier alpha value is -2.51. The standard InChI is InChI=1S/C20H22N4O2S/c1-14-6-8-15(9-7-14)19-22-23-20(27-19)21-18(25)16-4-2-10-24(12-16)13-17-5-3-11-26-17/h3,5-9,11,16H,2,4,10,12-13H2,1H3,(H,21,23,25). The Kier molecular flexibility index (Phi) is 5.31. The largest absolute Gasteiger partial charge is 0.468 e. The monoisotopic (exact) mass is 382 g/mol. The SMILES string of the molecule is Cc1ccc(-c2nnc(NC(=O)C3CCCN(Cc4ccco4)C3)s2)cc1. The van der Waals surface area contributed by atoms with Crippen LogP contribution in [0.5, 0.6) is 0 Å². The number of likely N-dealkylation sites (tertiary alicyclic amines) is 1. The molecule has 0 bridgehead atoms. The maximum atomic E-state index is 12.7. The van der Waals surface area contributed by atoms with Crippen molar-refractivity contribution in [1.82, 2.24) is 15.1 Å². The van der Waals surface area contributed by atoms with Gasteiger partial charge in [0, 0.05) is 12.1 Å². The zero-order valence-electron chi connectivity index (χ0n) is 15.2. The Labute approximate surface area is 162 Å². The molecule has 1 aromatic carbocycles. The molecule has 6 nitrogen and oxygen atoms in total. The first-order valence-electron chi connectivity index (χ1n) is 9.13. The highest BCUT2D eigenvalue weighted by Gasteiger charge is 2.27. The summed E-state index contributed by atoms with van der Waals surface area (Å²) in [5.41, 5.74) is 2.22. The lowest BCUT2D eigenvalue weighted by molar-refractivity contribution is -0.121. The van der Waals surface area contributed by atoms with Gasteiger partial charge in [0.15, 0.2) is 0 Å². The molecule has 0 saturated carbocycles. The molecule has 27 heavy (non-hydrogen) atoms. The van der Waals surface area contributed by atoms with Gasteiger partial charge in [-0.1, -0.05) is 41.2 Å². The molecular formula is C20H22N4O2S. The van der Waals surface area contributed by atoms with Crippen LogP contribution in [0.15, 0.2) is 47.1 Å². The number of nitrogens with one attached hydrogen (secondary N) is 1. The van der Waals surface area contributed by atoms with Crippen LogP contribution in [0.2, 0.25) is 0 Å². The lowest BCUT2D eigenvalue weighted by atomic mass is 9.97. The van der Waals surface area contributed by atoms with Crippen molar-refractivity contribution in [2.45, 2.75) is 26.3 Å². The summed E-state index contributed by atoms with van der Waals surface area (Å²) in [5.74, 6) is 0.911. The highest BCUT2D eigenvalue weighted by molar-refractivity contribution is 7.18. The van der Waals surface area contributed by atoms with Crippen LogP contribution in [-0.4, -0.2) is 34.1 Å². The van der Waals surface area contributed by atoms with Crippen molar-refractivity contribution in [2.24, 2.45) is 5.92 Å². The zero-order chi connectivity index (χ0) is 18.6. The Morgan fingerprint density at radius 2 is 2.15 bits per heavy atom. The van der Waals surface area contributed by atoms with E-state index in [0.717, 1.165) is 48.8 Å². The van der Waals surface area contributed by atoms with E-state index in [4.69, 9.17) is 4.42 Å². The fraction of sp³-hybridized carbons (Fsp3) is 0.350. The third-order valence-electron chi connectivity index (χ3n) is 4.79. The van der Waals surface area contributed by atoms with E-state index in [2.05, 4.69) is 27.3 Å². The Balaban J connectivity index is 1.36. The predicted octanol–water partition coefficient (Wildman–Crippen LogP) is 3.96. The Bertz CT molecular complexity index is 889. The molecule has 1 N–H and O–H groups in total. The van der Waals surface area contributed by atoms with Gasteiger partial charge in [-0.25, -0.2) is 0 Å². The maximum Gasteiger partial charge on any atom is 0.230 e. The molecule has 1 fully saturated rings. The van der Waals surface area contributed by atoms with Gasteiger partial charge < -0.3 is 9.73 Å².